The quantitative estimate of drug-likeness (QED) is 0.270. The van der Waals surface area contributed by atoms with E-state index in [2.05, 4.69) is 15.5 Å². The van der Waals surface area contributed by atoms with E-state index in [9.17, 15) is 14.9 Å². The smallest absolute Gasteiger partial charge is 0.269 e. The number of nitro benzene ring substituents is 1. The van der Waals surface area contributed by atoms with Crippen LogP contribution in [0.4, 0.5) is 10.8 Å². The van der Waals surface area contributed by atoms with Crippen molar-refractivity contribution in [3.05, 3.63) is 79.3 Å². The fourth-order valence-electron chi connectivity index (χ4n) is 2.91. The molecule has 0 aliphatic heterocycles. The molecule has 1 amide bonds. The van der Waals surface area contributed by atoms with Gasteiger partial charge in [-0.25, -0.2) is 4.98 Å². The summed E-state index contributed by atoms with van der Waals surface area (Å²) in [5.41, 5.74) is 2.08. The summed E-state index contributed by atoms with van der Waals surface area (Å²) >= 11 is 13.7. The summed E-state index contributed by atoms with van der Waals surface area (Å²) in [4.78, 5) is 27.7. The van der Waals surface area contributed by atoms with Crippen molar-refractivity contribution in [2.75, 3.05) is 5.32 Å². The molecule has 31 heavy (non-hydrogen) atoms. The first-order valence-electron chi connectivity index (χ1n) is 8.77. The summed E-state index contributed by atoms with van der Waals surface area (Å²) in [6, 6.07) is 11.0. The maximum Gasteiger partial charge on any atom is 0.269 e. The summed E-state index contributed by atoms with van der Waals surface area (Å²) in [6.45, 7) is 1.61. The number of carbonyl (C=O) groups is 1. The van der Waals surface area contributed by atoms with Crippen LogP contribution in [0.15, 0.2) is 52.4 Å². The van der Waals surface area contributed by atoms with Gasteiger partial charge in [-0.1, -0.05) is 34.4 Å². The van der Waals surface area contributed by atoms with Gasteiger partial charge >= 0.3 is 0 Å². The van der Waals surface area contributed by atoms with Gasteiger partial charge in [0.2, 0.25) is 0 Å². The molecule has 2 heterocycles. The third kappa shape index (κ3) is 4.15. The Morgan fingerprint density at radius 1 is 1.16 bits per heavy atom. The van der Waals surface area contributed by atoms with Gasteiger partial charge < -0.3 is 4.52 Å². The van der Waals surface area contributed by atoms with Crippen LogP contribution in [-0.4, -0.2) is 21.0 Å². The van der Waals surface area contributed by atoms with E-state index in [1.807, 2.05) is 0 Å². The highest BCUT2D eigenvalue weighted by Crippen LogP contribution is 2.37. The van der Waals surface area contributed by atoms with Crippen LogP contribution < -0.4 is 5.32 Å². The predicted octanol–water partition coefficient (Wildman–Crippen LogP) is 6.24. The Bertz CT molecular complexity index is 1280. The average Bonchev–Trinajstić information content (AvgIpc) is 3.35. The topological polar surface area (TPSA) is 111 Å². The summed E-state index contributed by atoms with van der Waals surface area (Å²) in [5.74, 6) is -0.176. The van der Waals surface area contributed by atoms with Gasteiger partial charge in [-0.2, -0.15) is 0 Å². The van der Waals surface area contributed by atoms with Gasteiger partial charge in [0.25, 0.3) is 11.6 Å². The number of non-ortho nitro benzene ring substituents is 1. The van der Waals surface area contributed by atoms with Gasteiger partial charge in [-0.05, 0) is 31.2 Å². The molecule has 0 bridgehead atoms. The third-order valence-electron chi connectivity index (χ3n) is 4.39. The van der Waals surface area contributed by atoms with E-state index >= 15 is 0 Å². The zero-order valence-corrected chi connectivity index (χ0v) is 18.1. The van der Waals surface area contributed by atoms with Crippen molar-refractivity contribution in [1.82, 2.24) is 10.1 Å². The molecule has 4 aromatic rings. The molecule has 0 spiro atoms. The molecule has 0 radical (unpaired) electrons. The summed E-state index contributed by atoms with van der Waals surface area (Å²) in [6.07, 6.45) is 0. The monoisotopic (exact) mass is 474 g/mol. The van der Waals surface area contributed by atoms with Crippen LogP contribution in [-0.2, 0) is 0 Å². The van der Waals surface area contributed by atoms with Crippen molar-refractivity contribution < 1.29 is 14.2 Å². The highest BCUT2D eigenvalue weighted by Gasteiger charge is 2.25. The zero-order chi connectivity index (χ0) is 22.1. The molecule has 11 heteroatoms. The van der Waals surface area contributed by atoms with Crippen molar-refractivity contribution in [3.8, 4) is 22.5 Å². The van der Waals surface area contributed by atoms with E-state index in [0.29, 0.717) is 37.8 Å². The number of rotatable bonds is 5. The molecule has 156 valence electrons. The second-order valence-electron chi connectivity index (χ2n) is 6.36. The molecule has 0 unspecified atom stereocenters. The normalized spacial score (nSPS) is 10.8. The molecule has 0 saturated heterocycles. The lowest BCUT2D eigenvalue weighted by atomic mass is 10.1. The number of aryl methyl sites for hydroxylation is 1. The third-order valence-corrected chi connectivity index (χ3v) is 5.78. The fourth-order valence-corrected chi connectivity index (χ4v) is 4.20. The number of thiazole rings is 1. The van der Waals surface area contributed by atoms with Crippen LogP contribution in [0.2, 0.25) is 10.0 Å². The minimum absolute atomic E-state index is 0.0128. The van der Waals surface area contributed by atoms with Crippen LogP contribution in [0, 0.1) is 17.0 Å². The number of halogens is 2. The largest absolute Gasteiger partial charge is 0.360 e. The van der Waals surface area contributed by atoms with Gasteiger partial charge in [-0.3, -0.25) is 20.2 Å². The first-order valence-corrected chi connectivity index (χ1v) is 10.4. The predicted molar refractivity (Wildman–Crippen MR) is 119 cm³/mol. The average molecular weight is 475 g/mol. The number of nitrogens with zero attached hydrogens (tertiary/aromatic N) is 3. The minimum Gasteiger partial charge on any atom is -0.360 e. The van der Waals surface area contributed by atoms with Gasteiger partial charge in [0.05, 0.1) is 20.7 Å². The summed E-state index contributed by atoms with van der Waals surface area (Å²) < 4.78 is 5.22. The van der Waals surface area contributed by atoms with Crippen molar-refractivity contribution in [2.45, 2.75) is 6.92 Å². The molecule has 0 saturated carbocycles. The molecule has 2 aromatic carbocycles. The van der Waals surface area contributed by atoms with Crippen molar-refractivity contribution in [2.24, 2.45) is 0 Å². The van der Waals surface area contributed by atoms with Gasteiger partial charge in [0.1, 0.15) is 17.0 Å². The lowest BCUT2D eigenvalue weighted by Crippen LogP contribution is -2.13. The van der Waals surface area contributed by atoms with Gasteiger partial charge in [-0.15, -0.1) is 11.3 Å². The highest BCUT2D eigenvalue weighted by molar-refractivity contribution is 7.14. The first-order chi connectivity index (χ1) is 14.8. The van der Waals surface area contributed by atoms with E-state index in [4.69, 9.17) is 27.7 Å². The van der Waals surface area contributed by atoms with E-state index in [-0.39, 0.29) is 16.9 Å². The van der Waals surface area contributed by atoms with E-state index < -0.39 is 10.8 Å². The minimum atomic E-state index is -0.477. The van der Waals surface area contributed by atoms with Crippen LogP contribution in [0.5, 0.6) is 0 Å². The maximum absolute atomic E-state index is 13.0. The second-order valence-corrected chi connectivity index (χ2v) is 8.03. The zero-order valence-electron chi connectivity index (χ0n) is 15.8. The molecule has 2 aromatic heterocycles. The summed E-state index contributed by atoms with van der Waals surface area (Å²) in [7, 11) is 0. The number of nitro groups is 1. The molecule has 0 aliphatic rings. The number of nitrogens with one attached hydrogen (secondary N) is 1. The van der Waals surface area contributed by atoms with E-state index in [0.717, 1.165) is 0 Å². The lowest BCUT2D eigenvalue weighted by molar-refractivity contribution is -0.384. The van der Waals surface area contributed by atoms with Crippen LogP contribution in [0.25, 0.3) is 22.5 Å². The number of aromatic nitrogens is 2. The molecule has 4 rings (SSSR count). The molecule has 0 aliphatic carbocycles. The van der Waals surface area contributed by atoms with Crippen LogP contribution >= 0.6 is 34.5 Å². The Morgan fingerprint density at radius 3 is 2.48 bits per heavy atom. The Balaban J connectivity index is 1.61. The number of carbonyl (C=O) groups excluding carboxylic acids is 1. The second kappa shape index (κ2) is 8.46. The van der Waals surface area contributed by atoms with Gasteiger partial charge in [0.15, 0.2) is 5.13 Å². The standard InChI is InChI=1S/C20H12Cl2N4O4S/c1-10-16(18(25-30-10)17-13(21)3-2-4-14(17)22)19(27)24-20-23-15(9-31-20)11-5-7-12(8-6-11)26(28)29/h2-9H,1H3,(H,23,24,27). The SMILES string of the molecule is Cc1onc(-c2c(Cl)cccc2Cl)c1C(=O)Nc1nc(-c2ccc([N+](=O)[O-])cc2)cs1. The Morgan fingerprint density at radius 2 is 1.84 bits per heavy atom. The Kier molecular flexibility index (Phi) is 5.73. The Hall–Kier alpha value is -3.27. The number of benzene rings is 2. The summed E-state index contributed by atoms with van der Waals surface area (Å²) in [5, 5.41) is 20.3. The van der Waals surface area contributed by atoms with E-state index in [1.54, 1.807) is 42.6 Å². The number of amides is 1. The molecule has 0 atom stereocenters. The fraction of sp³-hybridized carbons (Fsp3) is 0.0500. The molecular weight excluding hydrogens is 463 g/mol. The number of anilines is 1. The molecular formula is C20H12Cl2N4O4S. The van der Waals surface area contributed by atoms with Crippen LogP contribution in [0.3, 0.4) is 0 Å². The van der Waals surface area contributed by atoms with Crippen molar-refractivity contribution in [1.29, 1.82) is 0 Å². The maximum atomic E-state index is 13.0. The lowest BCUT2D eigenvalue weighted by Gasteiger charge is -2.06. The molecule has 0 fully saturated rings. The molecule has 8 nitrogen and oxygen atoms in total. The van der Waals surface area contributed by atoms with E-state index in [1.165, 1.54) is 23.5 Å². The van der Waals surface area contributed by atoms with Crippen LogP contribution in [0.1, 0.15) is 16.1 Å². The highest BCUT2D eigenvalue weighted by atomic mass is 35.5. The Labute approximate surface area is 189 Å². The number of hydrogen-bond acceptors (Lipinski definition) is 7. The molecule has 1 N–H and O–H groups in total. The number of hydrogen-bond donors (Lipinski definition) is 1. The first kappa shape index (κ1) is 21.0. The van der Waals surface area contributed by atoms with Crippen molar-refractivity contribution >= 4 is 51.3 Å². The van der Waals surface area contributed by atoms with Crippen molar-refractivity contribution in [3.63, 3.8) is 0 Å². The van der Waals surface area contributed by atoms with Gasteiger partial charge in [0, 0.05) is 28.6 Å².